The van der Waals surface area contributed by atoms with Gasteiger partial charge >= 0.3 is 0 Å². The third kappa shape index (κ3) is 5.55. The van der Waals surface area contributed by atoms with Crippen LogP contribution in [0.4, 0.5) is 0 Å². The van der Waals surface area contributed by atoms with Crippen molar-refractivity contribution in [2.45, 2.75) is 64.9 Å². The van der Waals surface area contributed by atoms with Crippen LogP contribution in [0.5, 0.6) is 23.0 Å². The second-order valence-electron chi connectivity index (χ2n) is 11.9. The van der Waals surface area contributed by atoms with Crippen LogP contribution in [0.15, 0.2) is 19.2 Å². The van der Waals surface area contributed by atoms with E-state index in [9.17, 15) is 49.8 Å². The number of benzene rings is 4. The maximum Gasteiger partial charge on any atom is 0.230 e. The lowest BCUT2D eigenvalue weighted by Crippen LogP contribution is -2.38. The summed E-state index contributed by atoms with van der Waals surface area (Å²) in [6.07, 6.45) is 0. The van der Waals surface area contributed by atoms with Gasteiger partial charge in [0.05, 0.1) is 13.2 Å². The Morgan fingerprint density at radius 1 is 0.522 bits per heavy atom. The number of thioether (sulfide) groups is 2. The standard InChI is InChI=1S/C34H38O10S2/c1-13(2)19-25-23(17(11-45-9-7-35)29(39)33(19)43)31(41)21(15(5)27(25)37)22-16(6)28(38)26-20(14(3)4)34(44)30(40)18(12-46-10-8-36)24(26)32(22)42/h13-14,35-37,39,41,43H,7-12H2,1-6H3. The number of fused-ring (bicyclic) bond motifs is 2. The van der Waals surface area contributed by atoms with Crippen LogP contribution in [0.25, 0.3) is 33.0 Å². The minimum Gasteiger partial charge on any atom is -0.507 e. The van der Waals surface area contributed by atoms with Gasteiger partial charge in [-0.1, -0.05) is 27.7 Å². The fourth-order valence-corrected chi connectivity index (χ4v) is 7.75. The predicted molar refractivity (Wildman–Crippen MR) is 184 cm³/mol. The summed E-state index contributed by atoms with van der Waals surface area (Å²) in [4.78, 5) is 55.4. The van der Waals surface area contributed by atoms with Gasteiger partial charge < -0.3 is 30.6 Å². The summed E-state index contributed by atoms with van der Waals surface area (Å²) in [5.41, 5.74) is -4.18. The van der Waals surface area contributed by atoms with Gasteiger partial charge in [0.1, 0.15) is 11.5 Å². The van der Waals surface area contributed by atoms with E-state index >= 15 is 0 Å². The van der Waals surface area contributed by atoms with Gasteiger partial charge in [-0.25, -0.2) is 0 Å². The van der Waals surface area contributed by atoms with Crippen molar-refractivity contribution < 1.29 is 30.6 Å². The first kappa shape index (κ1) is 35.3. The lowest BCUT2D eigenvalue weighted by atomic mass is 9.80. The van der Waals surface area contributed by atoms with Crippen molar-refractivity contribution in [1.82, 2.24) is 0 Å². The predicted octanol–water partition coefficient (Wildman–Crippen LogP) is 4.07. The molecular formula is C34H38O10S2. The van der Waals surface area contributed by atoms with E-state index in [0.717, 1.165) is 11.8 Å². The van der Waals surface area contributed by atoms with Crippen LogP contribution in [0.2, 0.25) is 0 Å². The first-order valence-electron chi connectivity index (χ1n) is 14.8. The van der Waals surface area contributed by atoms with Crippen molar-refractivity contribution in [2.24, 2.45) is 0 Å². The lowest BCUT2D eigenvalue weighted by Gasteiger charge is -2.24. The lowest BCUT2D eigenvalue weighted by molar-refractivity contribution is 0.322. The Hall–Kier alpha value is -3.58. The molecule has 0 aromatic heterocycles. The van der Waals surface area contributed by atoms with Gasteiger partial charge in [-0.2, -0.15) is 23.5 Å². The van der Waals surface area contributed by atoms with E-state index in [4.69, 9.17) is 0 Å². The van der Waals surface area contributed by atoms with Crippen LogP contribution in [0.3, 0.4) is 0 Å². The topological polar surface area (TPSA) is 190 Å². The van der Waals surface area contributed by atoms with Gasteiger partial charge in [0.25, 0.3) is 0 Å². The van der Waals surface area contributed by atoms with Crippen molar-refractivity contribution in [1.29, 1.82) is 0 Å². The molecule has 2 aromatic carbocycles. The molecule has 0 saturated carbocycles. The Morgan fingerprint density at radius 3 is 1.59 bits per heavy atom. The van der Waals surface area contributed by atoms with Crippen molar-refractivity contribution in [3.63, 3.8) is 0 Å². The van der Waals surface area contributed by atoms with Gasteiger partial charge in [-0.3, -0.25) is 19.2 Å². The van der Waals surface area contributed by atoms with Crippen LogP contribution < -0.4 is 21.7 Å². The first-order valence-corrected chi connectivity index (χ1v) is 17.2. The third-order valence-electron chi connectivity index (χ3n) is 8.34. The molecule has 46 heavy (non-hydrogen) atoms. The van der Waals surface area contributed by atoms with Gasteiger partial charge in [0, 0.05) is 89.4 Å². The van der Waals surface area contributed by atoms with E-state index < -0.39 is 50.8 Å². The molecule has 12 heteroatoms. The summed E-state index contributed by atoms with van der Waals surface area (Å²) in [5, 5.41) is 64.5. The zero-order chi connectivity index (χ0) is 34.4. The highest BCUT2D eigenvalue weighted by Gasteiger charge is 2.34. The van der Waals surface area contributed by atoms with Gasteiger partial charge in [-0.15, -0.1) is 0 Å². The van der Waals surface area contributed by atoms with Crippen molar-refractivity contribution in [3.8, 4) is 45.3 Å². The van der Waals surface area contributed by atoms with Crippen LogP contribution in [0.1, 0.15) is 72.9 Å². The molecule has 6 N–H and O–H groups in total. The molecule has 0 aliphatic heterocycles. The Labute approximate surface area is 273 Å². The zero-order valence-electron chi connectivity index (χ0n) is 26.5. The molecule has 0 unspecified atom stereocenters. The smallest absolute Gasteiger partial charge is 0.230 e. The Balaban J connectivity index is 2.30. The average Bonchev–Trinajstić information content (AvgIpc) is 2.99. The maximum absolute atomic E-state index is 14.6. The molecule has 2 aliphatic rings. The van der Waals surface area contributed by atoms with Crippen molar-refractivity contribution in [3.05, 3.63) is 74.3 Å². The van der Waals surface area contributed by atoms with Gasteiger partial charge in [0.15, 0.2) is 22.4 Å². The number of aromatic hydroxyl groups is 4. The van der Waals surface area contributed by atoms with Crippen LogP contribution in [-0.4, -0.2) is 55.4 Å². The van der Waals surface area contributed by atoms with E-state index in [2.05, 4.69) is 0 Å². The molecule has 4 rings (SSSR count). The largest absolute Gasteiger partial charge is 0.507 e. The molecule has 0 bridgehead atoms. The third-order valence-corrected chi connectivity index (χ3v) is 10.3. The molecular weight excluding hydrogens is 632 g/mol. The molecule has 2 aliphatic carbocycles. The van der Waals surface area contributed by atoms with Crippen LogP contribution >= 0.6 is 23.5 Å². The Kier molecular flexibility index (Phi) is 10.5. The summed E-state index contributed by atoms with van der Waals surface area (Å²) >= 11 is 2.32. The summed E-state index contributed by atoms with van der Waals surface area (Å²) < 4.78 is 0. The molecule has 2 aromatic rings. The van der Waals surface area contributed by atoms with E-state index in [0.29, 0.717) is 0 Å². The zero-order valence-corrected chi connectivity index (χ0v) is 28.2. The van der Waals surface area contributed by atoms with Crippen molar-refractivity contribution in [2.75, 3.05) is 24.7 Å². The second-order valence-corrected chi connectivity index (χ2v) is 14.1. The van der Waals surface area contributed by atoms with Gasteiger partial charge in [0.2, 0.25) is 10.9 Å². The number of aliphatic hydroxyl groups excluding tert-OH is 2. The highest BCUT2D eigenvalue weighted by molar-refractivity contribution is 7.98. The number of phenols is 4. The van der Waals surface area contributed by atoms with E-state index in [1.165, 1.54) is 25.6 Å². The van der Waals surface area contributed by atoms with Gasteiger partial charge in [-0.05, 0) is 25.7 Å². The van der Waals surface area contributed by atoms with E-state index in [-0.39, 0.29) is 108 Å². The Morgan fingerprint density at radius 2 is 1.07 bits per heavy atom. The fourth-order valence-electron chi connectivity index (χ4n) is 6.24. The normalized spacial score (nSPS) is 12.0. The monoisotopic (exact) mass is 670 g/mol. The van der Waals surface area contributed by atoms with Crippen LogP contribution in [0, 0.1) is 13.8 Å². The molecule has 0 spiro atoms. The minimum absolute atomic E-state index is 0.00780. The molecule has 0 atom stereocenters. The number of hydrogen-bond acceptors (Lipinski definition) is 12. The minimum atomic E-state index is -0.916. The van der Waals surface area contributed by atoms with Crippen LogP contribution in [-0.2, 0) is 11.5 Å². The number of phenolic OH excluding ortho intramolecular Hbond substituents is 4. The summed E-state index contributed by atoms with van der Waals surface area (Å²) in [7, 11) is 0. The highest BCUT2D eigenvalue weighted by atomic mass is 32.2. The number of rotatable bonds is 11. The fraction of sp³-hybridized carbons (Fsp3) is 0.412. The second kappa shape index (κ2) is 13.6. The number of hydrogen-bond donors (Lipinski definition) is 6. The average molecular weight is 671 g/mol. The first-order chi connectivity index (χ1) is 21.6. The van der Waals surface area contributed by atoms with E-state index in [1.54, 1.807) is 27.7 Å². The molecule has 0 saturated heterocycles. The Bertz CT molecular complexity index is 2020. The quantitative estimate of drug-likeness (QED) is 0.0582. The summed E-state index contributed by atoms with van der Waals surface area (Å²) in [6.45, 7) is 9.19. The molecule has 0 amide bonds. The highest BCUT2D eigenvalue weighted by Crippen LogP contribution is 2.54. The maximum atomic E-state index is 14.6. The summed E-state index contributed by atoms with van der Waals surface area (Å²) in [5.74, 6) is -2.55. The SMILES string of the molecule is Cc1c(-c2c(C)c(=O)c3c(C(C)C)c(=O)c(=O)c(CSCCO)c-3c2=O)c(O)c2c(CSCCO)c(O)c(O)c(C(C)C)c2c1O. The molecule has 0 radical (unpaired) electrons. The molecule has 10 nitrogen and oxygen atoms in total. The summed E-state index contributed by atoms with van der Waals surface area (Å²) in [6, 6.07) is 0. The molecule has 0 heterocycles. The number of aliphatic hydroxyl groups is 2. The molecule has 246 valence electrons. The van der Waals surface area contributed by atoms with E-state index in [1.807, 2.05) is 0 Å². The molecule has 0 fully saturated rings. The van der Waals surface area contributed by atoms with Crippen molar-refractivity contribution >= 4 is 34.3 Å².